The molecule has 0 spiro atoms. The molecule has 0 aromatic rings. The lowest BCUT2D eigenvalue weighted by Crippen LogP contribution is -2.48. The summed E-state index contributed by atoms with van der Waals surface area (Å²) >= 11 is 0. The topological polar surface area (TPSA) is 46.6 Å². The number of nitrogens with zero attached hydrogens (tertiary/aromatic N) is 1. The Bertz CT molecular complexity index is 362. The molecule has 0 amide bonds. The van der Waals surface area contributed by atoms with Crippen molar-refractivity contribution in [3.05, 3.63) is 0 Å². The van der Waals surface area contributed by atoms with E-state index in [0.717, 1.165) is 39.1 Å². The van der Waals surface area contributed by atoms with E-state index in [9.17, 15) is 8.42 Å². The average molecular weight is 261 g/mol. The fourth-order valence-corrected chi connectivity index (χ4v) is 4.69. The maximum Gasteiger partial charge on any atom is 0.150 e. The molecule has 0 N–H and O–H groups in total. The van der Waals surface area contributed by atoms with Crippen molar-refractivity contribution in [1.29, 1.82) is 0 Å². The van der Waals surface area contributed by atoms with Crippen LogP contribution in [0.2, 0.25) is 0 Å². The van der Waals surface area contributed by atoms with Gasteiger partial charge in [0.25, 0.3) is 0 Å². The molecule has 2 aliphatic heterocycles. The van der Waals surface area contributed by atoms with Gasteiger partial charge in [-0.15, -0.1) is 0 Å². The third kappa shape index (κ3) is 3.66. The minimum absolute atomic E-state index is 0.316. The van der Waals surface area contributed by atoms with E-state index in [1.807, 2.05) is 0 Å². The molecule has 2 rings (SSSR count). The second kappa shape index (κ2) is 4.86. The quantitative estimate of drug-likeness (QED) is 0.734. The standard InChI is InChI=1S/C12H23NO3S/c1-12(9-16-10-12)8-13(2)5-3-11-4-6-17(14,15)7-11/h11H,3-10H2,1-2H3/t11-/m0/s1. The highest BCUT2D eigenvalue weighted by Gasteiger charge is 2.34. The molecule has 2 heterocycles. The molecular weight excluding hydrogens is 238 g/mol. The molecule has 0 saturated carbocycles. The molecule has 0 unspecified atom stereocenters. The number of hydrogen-bond donors (Lipinski definition) is 0. The molecule has 0 aromatic carbocycles. The first-order chi connectivity index (χ1) is 7.89. The predicted octanol–water partition coefficient (Wildman–Crippen LogP) is 0.779. The number of rotatable bonds is 5. The molecule has 0 radical (unpaired) electrons. The summed E-state index contributed by atoms with van der Waals surface area (Å²) in [6, 6.07) is 0. The van der Waals surface area contributed by atoms with Gasteiger partial charge in [0, 0.05) is 12.0 Å². The van der Waals surface area contributed by atoms with Gasteiger partial charge in [0.15, 0.2) is 9.84 Å². The summed E-state index contributed by atoms with van der Waals surface area (Å²) in [5, 5.41) is 0. The fourth-order valence-electron chi connectivity index (χ4n) is 2.78. The maximum absolute atomic E-state index is 11.3. The van der Waals surface area contributed by atoms with Crippen molar-refractivity contribution in [2.24, 2.45) is 11.3 Å². The predicted molar refractivity (Wildman–Crippen MR) is 67.8 cm³/mol. The van der Waals surface area contributed by atoms with E-state index in [0.29, 0.717) is 22.8 Å². The summed E-state index contributed by atoms with van der Waals surface area (Å²) in [6.07, 6.45) is 1.86. The zero-order chi connectivity index (χ0) is 12.5. The van der Waals surface area contributed by atoms with Gasteiger partial charge in [-0.25, -0.2) is 8.42 Å². The van der Waals surface area contributed by atoms with Crippen LogP contribution in [0.4, 0.5) is 0 Å². The van der Waals surface area contributed by atoms with Crippen molar-refractivity contribution in [1.82, 2.24) is 4.90 Å². The molecule has 2 fully saturated rings. The molecule has 17 heavy (non-hydrogen) atoms. The molecule has 2 aliphatic rings. The first-order valence-corrected chi connectivity index (χ1v) is 8.17. The Morgan fingerprint density at radius 1 is 1.41 bits per heavy atom. The number of sulfone groups is 1. The molecule has 0 aliphatic carbocycles. The van der Waals surface area contributed by atoms with Crippen LogP contribution in [0, 0.1) is 11.3 Å². The Morgan fingerprint density at radius 3 is 2.59 bits per heavy atom. The van der Waals surface area contributed by atoms with E-state index in [4.69, 9.17) is 4.74 Å². The Labute approximate surface area is 104 Å². The minimum atomic E-state index is -2.71. The molecule has 100 valence electrons. The second-order valence-corrected chi connectivity index (χ2v) is 8.33. The van der Waals surface area contributed by atoms with E-state index < -0.39 is 9.84 Å². The molecule has 5 heteroatoms. The van der Waals surface area contributed by atoms with Gasteiger partial charge in [0.1, 0.15) is 0 Å². The molecule has 0 aromatic heterocycles. The lowest BCUT2D eigenvalue weighted by Gasteiger charge is -2.41. The third-order valence-corrected chi connectivity index (χ3v) is 5.64. The van der Waals surface area contributed by atoms with Crippen molar-refractivity contribution in [3.63, 3.8) is 0 Å². The third-order valence-electron chi connectivity index (χ3n) is 3.80. The molecular formula is C12H23NO3S. The molecule has 2 saturated heterocycles. The van der Waals surface area contributed by atoms with Crippen molar-refractivity contribution in [2.75, 3.05) is 44.9 Å². The fraction of sp³-hybridized carbons (Fsp3) is 1.00. The van der Waals surface area contributed by atoms with Crippen LogP contribution in [0.25, 0.3) is 0 Å². The van der Waals surface area contributed by atoms with Crippen LogP contribution in [-0.2, 0) is 14.6 Å². The van der Waals surface area contributed by atoms with Gasteiger partial charge < -0.3 is 9.64 Å². The highest BCUT2D eigenvalue weighted by atomic mass is 32.2. The Hall–Kier alpha value is -0.130. The van der Waals surface area contributed by atoms with Crippen molar-refractivity contribution < 1.29 is 13.2 Å². The lowest BCUT2D eigenvalue weighted by atomic mass is 9.88. The lowest BCUT2D eigenvalue weighted by molar-refractivity contribution is -0.112. The highest BCUT2D eigenvalue weighted by Crippen LogP contribution is 2.28. The largest absolute Gasteiger partial charge is 0.380 e. The van der Waals surface area contributed by atoms with Gasteiger partial charge in [-0.3, -0.25) is 0 Å². The summed E-state index contributed by atoms with van der Waals surface area (Å²) in [5.41, 5.74) is 0.316. The van der Waals surface area contributed by atoms with Crippen LogP contribution in [0.3, 0.4) is 0 Å². The van der Waals surface area contributed by atoms with Crippen LogP contribution in [-0.4, -0.2) is 58.2 Å². The van der Waals surface area contributed by atoms with Crippen molar-refractivity contribution in [2.45, 2.75) is 19.8 Å². The normalized spacial score (nSPS) is 30.4. The first kappa shape index (κ1) is 13.3. The number of hydrogen-bond acceptors (Lipinski definition) is 4. The summed E-state index contributed by atoms with van der Waals surface area (Å²) in [5.74, 6) is 1.18. The molecule has 0 bridgehead atoms. The average Bonchev–Trinajstić information content (AvgIpc) is 2.53. The van der Waals surface area contributed by atoms with Gasteiger partial charge in [-0.2, -0.15) is 0 Å². The summed E-state index contributed by atoms with van der Waals surface area (Å²) in [7, 11) is -0.592. The van der Waals surface area contributed by atoms with E-state index in [1.165, 1.54) is 0 Å². The summed E-state index contributed by atoms with van der Waals surface area (Å²) in [6.45, 7) is 6.00. The van der Waals surface area contributed by atoms with Gasteiger partial charge >= 0.3 is 0 Å². The summed E-state index contributed by atoms with van der Waals surface area (Å²) in [4.78, 5) is 2.31. The highest BCUT2D eigenvalue weighted by molar-refractivity contribution is 7.91. The monoisotopic (exact) mass is 261 g/mol. The van der Waals surface area contributed by atoms with Crippen LogP contribution in [0.15, 0.2) is 0 Å². The van der Waals surface area contributed by atoms with Crippen LogP contribution >= 0.6 is 0 Å². The van der Waals surface area contributed by atoms with Gasteiger partial charge in [-0.1, -0.05) is 6.92 Å². The van der Waals surface area contributed by atoms with Gasteiger partial charge in [0.05, 0.1) is 24.7 Å². The van der Waals surface area contributed by atoms with Crippen LogP contribution in [0.1, 0.15) is 19.8 Å². The van der Waals surface area contributed by atoms with E-state index >= 15 is 0 Å². The smallest absolute Gasteiger partial charge is 0.150 e. The van der Waals surface area contributed by atoms with Crippen LogP contribution < -0.4 is 0 Å². The van der Waals surface area contributed by atoms with Gasteiger partial charge in [0.2, 0.25) is 0 Å². The second-order valence-electron chi connectivity index (χ2n) is 6.10. The van der Waals surface area contributed by atoms with Crippen molar-refractivity contribution >= 4 is 9.84 Å². The van der Waals surface area contributed by atoms with Crippen LogP contribution in [0.5, 0.6) is 0 Å². The Kier molecular flexibility index (Phi) is 3.80. The SMILES string of the molecule is CN(CC[C@H]1CCS(=O)(=O)C1)CC1(C)COC1. The zero-order valence-electron chi connectivity index (χ0n) is 10.8. The Balaban J connectivity index is 1.68. The Morgan fingerprint density at radius 2 is 2.12 bits per heavy atom. The summed E-state index contributed by atoms with van der Waals surface area (Å²) < 4.78 is 27.9. The van der Waals surface area contributed by atoms with E-state index in [-0.39, 0.29) is 0 Å². The molecule has 1 atom stereocenters. The van der Waals surface area contributed by atoms with E-state index in [1.54, 1.807) is 0 Å². The minimum Gasteiger partial charge on any atom is -0.380 e. The number of ether oxygens (including phenoxy) is 1. The van der Waals surface area contributed by atoms with E-state index in [2.05, 4.69) is 18.9 Å². The maximum atomic E-state index is 11.3. The molecule has 4 nitrogen and oxygen atoms in total. The van der Waals surface area contributed by atoms with Crippen molar-refractivity contribution in [3.8, 4) is 0 Å². The first-order valence-electron chi connectivity index (χ1n) is 6.35. The zero-order valence-corrected chi connectivity index (χ0v) is 11.6. The van der Waals surface area contributed by atoms with Gasteiger partial charge in [-0.05, 0) is 32.4 Å².